The number of fused-ring (bicyclic) bond motifs is 2. The Morgan fingerprint density at radius 3 is 2.00 bits per heavy atom. The number of hydrogen-bond acceptors (Lipinski definition) is 0. The Bertz CT molecular complexity index is 745. The van der Waals surface area contributed by atoms with Crippen molar-refractivity contribution in [1.29, 1.82) is 0 Å². The van der Waals surface area contributed by atoms with Crippen molar-refractivity contribution in [2.24, 2.45) is 41.4 Å². The van der Waals surface area contributed by atoms with Gasteiger partial charge in [-0.25, -0.2) is 4.39 Å². The average Bonchev–Trinajstić information content (AvgIpc) is 2.86. The molecule has 1 heteroatoms. The Morgan fingerprint density at radius 2 is 1.30 bits per heavy atom. The fourth-order valence-electron chi connectivity index (χ4n) is 8.78. The molecule has 4 aliphatic carbocycles. The molecule has 0 aromatic heterocycles. The largest absolute Gasteiger partial charge is 0.207 e. The van der Waals surface area contributed by atoms with Gasteiger partial charge in [0.05, 0.1) is 0 Å². The van der Waals surface area contributed by atoms with Gasteiger partial charge in [-0.15, -0.1) is 0 Å². The Kier molecular flexibility index (Phi) is 8.14. The topological polar surface area (TPSA) is 0 Å². The molecule has 3 fully saturated rings. The summed E-state index contributed by atoms with van der Waals surface area (Å²) in [7, 11) is 0. The molecule has 0 radical (unpaired) electrons. The lowest BCUT2D eigenvalue weighted by atomic mass is 9.58. The fraction of sp³-hybridized carbons (Fsp3) is 0.812. The van der Waals surface area contributed by atoms with E-state index in [4.69, 9.17) is 0 Å². The molecule has 0 amide bonds. The van der Waals surface area contributed by atoms with Gasteiger partial charge in [-0.1, -0.05) is 57.9 Å². The third kappa shape index (κ3) is 5.87. The summed E-state index contributed by atoms with van der Waals surface area (Å²) in [5, 5.41) is 0. The molecule has 184 valence electrons. The van der Waals surface area contributed by atoms with Crippen molar-refractivity contribution in [3.63, 3.8) is 0 Å². The van der Waals surface area contributed by atoms with Crippen LogP contribution in [0.4, 0.5) is 4.39 Å². The summed E-state index contributed by atoms with van der Waals surface area (Å²) in [6.45, 7) is 2.32. The van der Waals surface area contributed by atoms with Gasteiger partial charge in [0, 0.05) is 0 Å². The predicted molar refractivity (Wildman–Crippen MR) is 138 cm³/mol. The van der Waals surface area contributed by atoms with Crippen LogP contribution in [0.2, 0.25) is 0 Å². The zero-order valence-electron chi connectivity index (χ0n) is 21.4. The molecule has 0 spiro atoms. The van der Waals surface area contributed by atoms with E-state index in [1.807, 2.05) is 0 Å². The number of aryl methyl sites for hydroxylation is 1. The van der Waals surface area contributed by atoms with Gasteiger partial charge in [-0.3, -0.25) is 0 Å². The molecule has 33 heavy (non-hydrogen) atoms. The van der Waals surface area contributed by atoms with E-state index in [0.29, 0.717) is 0 Å². The first-order valence-electron chi connectivity index (χ1n) is 15.0. The van der Waals surface area contributed by atoms with Crippen molar-refractivity contribution < 1.29 is 4.39 Å². The van der Waals surface area contributed by atoms with Crippen molar-refractivity contribution in [1.82, 2.24) is 0 Å². The molecule has 3 saturated carbocycles. The van der Waals surface area contributed by atoms with Crippen molar-refractivity contribution in [3.8, 4) is 0 Å². The van der Waals surface area contributed by atoms with Gasteiger partial charge in [0.2, 0.25) is 0 Å². The Balaban J connectivity index is 1.06. The van der Waals surface area contributed by atoms with Crippen LogP contribution in [-0.4, -0.2) is 0 Å². The monoisotopic (exact) mass is 452 g/mol. The van der Waals surface area contributed by atoms with Gasteiger partial charge in [0.15, 0.2) is 0 Å². The summed E-state index contributed by atoms with van der Waals surface area (Å²) in [4.78, 5) is 0. The van der Waals surface area contributed by atoms with E-state index in [1.54, 1.807) is 31.4 Å². The first-order chi connectivity index (χ1) is 16.2. The average molecular weight is 453 g/mol. The van der Waals surface area contributed by atoms with Crippen LogP contribution in [0.1, 0.15) is 121 Å². The maximum atomic E-state index is 13.6. The zero-order chi connectivity index (χ0) is 22.6. The third-order valence-electron chi connectivity index (χ3n) is 10.8. The van der Waals surface area contributed by atoms with Crippen molar-refractivity contribution in [2.75, 3.05) is 0 Å². The van der Waals surface area contributed by atoms with Crippen LogP contribution >= 0.6 is 0 Å². The van der Waals surface area contributed by atoms with Crippen LogP contribution in [0.15, 0.2) is 18.2 Å². The highest BCUT2D eigenvalue weighted by Crippen LogP contribution is 2.51. The Hall–Kier alpha value is -0.850. The van der Waals surface area contributed by atoms with Gasteiger partial charge in [-0.05, 0) is 135 Å². The van der Waals surface area contributed by atoms with Gasteiger partial charge in [0.1, 0.15) is 5.82 Å². The summed E-state index contributed by atoms with van der Waals surface area (Å²) < 4.78 is 13.6. The van der Waals surface area contributed by atoms with Gasteiger partial charge >= 0.3 is 0 Å². The zero-order valence-corrected chi connectivity index (χ0v) is 21.4. The number of benzene rings is 1. The second-order valence-electron chi connectivity index (χ2n) is 12.7. The van der Waals surface area contributed by atoms with Crippen molar-refractivity contribution >= 4 is 0 Å². The first kappa shape index (κ1) is 23.9. The van der Waals surface area contributed by atoms with E-state index in [0.717, 1.165) is 47.8 Å². The Morgan fingerprint density at radius 1 is 0.667 bits per heavy atom. The molecule has 0 aliphatic heterocycles. The lowest BCUT2D eigenvalue weighted by Gasteiger charge is -2.47. The van der Waals surface area contributed by atoms with E-state index in [-0.39, 0.29) is 5.82 Å². The molecule has 0 N–H and O–H groups in total. The minimum atomic E-state index is -0.0510. The number of hydrogen-bond donors (Lipinski definition) is 0. The molecule has 1 aromatic carbocycles. The lowest BCUT2D eigenvalue weighted by Crippen LogP contribution is -2.37. The Labute approximate surface area is 203 Å². The first-order valence-corrected chi connectivity index (χ1v) is 15.0. The minimum Gasteiger partial charge on any atom is -0.207 e. The summed E-state index contributed by atoms with van der Waals surface area (Å²) in [6.07, 6.45) is 26.2. The molecule has 0 nitrogen and oxygen atoms in total. The van der Waals surface area contributed by atoms with Crippen LogP contribution in [0.25, 0.3) is 0 Å². The summed E-state index contributed by atoms with van der Waals surface area (Å²) in [5.41, 5.74) is 2.73. The highest BCUT2D eigenvalue weighted by Gasteiger charge is 2.40. The van der Waals surface area contributed by atoms with E-state index in [9.17, 15) is 4.39 Å². The maximum Gasteiger partial charge on any atom is 0.123 e. The van der Waals surface area contributed by atoms with Gasteiger partial charge in [0.25, 0.3) is 0 Å². The van der Waals surface area contributed by atoms with Crippen LogP contribution in [0, 0.1) is 47.2 Å². The van der Waals surface area contributed by atoms with Crippen LogP contribution in [0.3, 0.4) is 0 Å². The molecular formula is C32H49F. The second-order valence-corrected chi connectivity index (χ2v) is 12.7. The third-order valence-corrected chi connectivity index (χ3v) is 10.8. The van der Waals surface area contributed by atoms with Crippen LogP contribution < -0.4 is 0 Å². The highest BCUT2D eigenvalue weighted by molar-refractivity contribution is 5.30. The molecule has 5 unspecified atom stereocenters. The number of halogens is 1. The normalized spacial score (nSPS) is 36.7. The van der Waals surface area contributed by atoms with Crippen molar-refractivity contribution in [2.45, 2.75) is 122 Å². The molecule has 5 rings (SSSR count). The van der Waals surface area contributed by atoms with Crippen LogP contribution in [0.5, 0.6) is 0 Å². The molecular weight excluding hydrogens is 403 g/mol. The molecule has 1 aromatic rings. The number of unbranched alkanes of at least 4 members (excludes halogenated alkanes) is 3. The van der Waals surface area contributed by atoms with Crippen LogP contribution in [-0.2, 0) is 12.8 Å². The highest BCUT2D eigenvalue weighted by atomic mass is 19.1. The summed E-state index contributed by atoms with van der Waals surface area (Å²) in [6, 6.07) is 5.55. The predicted octanol–water partition coefficient (Wildman–Crippen LogP) is 9.54. The SMILES string of the molecule is CCCCCCC1CCC(C2CCC3CC(C4CCc5cc(F)ccc5C4)CCC3C2)CC1. The fourth-order valence-corrected chi connectivity index (χ4v) is 8.78. The molecule has 0 heterocycles. The summed E-state index contributed by atoms with van der Waals surface area (Å²) >= 11 is 0. The van der Waals surface area contributed by atoms with Gasteiger partial charge < -0.3 is 0 Å². The minimum absolute atomic E-state index is 0.0510. The lowest BCUT2D eigenvalue weighted by molar-refractivity contribution is 0.0439. The standard InChI is InChI=1S/C32H49F/c1-2-3-4-5-6-23-7-9-24(10-8-23)25-11-12-27-20-28(14-13-26(27)19-25)29-15-16-31-22-32(33)18-17-30(31)21-29/h17-18,22-29H,2-16,19-21H2,1H3. The van der Waals surface area contributed by atoms with E-state index >= 15 is 0 Å². The molecule has 5 atom stereocenters. The quantitative estimate of drug-likeness (QED) is 0.361. The maximum absolute atomic E-state index is 13.6. The summed E-state index contributed by atoms with van der Waals surface area (Å²) in [5.74, 6) is 6.97. The van der Waals surface area contributed by atoms with E-state index in [1.165, 1.54) is 101 Å². The smallest absolute Gasteiger partial charge is 0.123 e. The second kappa shape index (κ2) is 11.3. The van der Waals surface area contributed by atoms with E-state index in [2.05, 4.69) is 13.0 Å². The number of rotatable bonds is 7. The molecule has 0 saturated heterocycles. The molecule has 0 bridgehead atoms. The molecule has 4 aliphatic rings. The van der Waals surface area contributed by atoms with E-state index < -0.39 is 0 Å². The van der Waals surface area contributed by atoms with Gasteiger partial charge in [-0.2, -0.15) is 0 Å². The van der Waals surface area contributed by atoms with Crippen molar-refractivity contribution in [3.05, 3.63) is 35.1 Å².